The number of nitrogens with one attached hydrogen (secondary N) is 1. The Hall–Kier alpha value is -1.86. The fraction of sp³-hybridized carbons (Fsp3) is 0.529. The number of likely N-dealkylation sites (tertiary alicyclic amines) is 1. The van der Waals surface area contributed by atoms with Crippen molar-refractivity contribution in [3.63, 3.8) is 0 Å². The Kier molecular flexibility index (Phi) is 5.87. The van der Waals surface area contributed by atoms with Crippen molar-refractivity contribution in [2.75, 3.05) is 19.6 Å². The number of aromatic nitrogens is 3. The van der Waals surface area contributed by atoms with Gasteiger partial charge in [0.1, 0.15) is 0 Å². The third-order valence-electron chi connectivity index (χ3n) is 4.40. The third kappa shape index (κ3) is 4.58. The van der Waals surface area contributed by atoms with Gasteiger partial charge in [0.15, 0.2) is 10.8 Å². The highest BCUT2D eigenvalue weighted by Crippen LogP contribution is 2.21. The zero-order valence-electron chi connectivity index (χ0n) is 13.9. The van der Waals surface area contributed by atoms with Crippen LogP contribution in [-0.4, -0.2) is 45.4 Å². The Morgan fingerprint density at radius 3 is 2.79 bits per heavy atom. The van der Waals surface area contributed by atoms with Gasteiger partial charge in [-0.15, -0.1) is 11.3 Å². The molecule has 24 heavy (non-hydrogen) atoms. The van der Waals surface area contributed by atoms with Crippen LogP contribution in [-0.2, 0) is 11.3 Å². The SMILES string of the molecule is CCN1CCC(CC(=O)NCc2csc(-c3ncccn3)n2)CC1. The molecule has 0 aliphatic carbocycles. The van der Waals surface area contributed by atoms with Crippen LogP contribution >= 0.6 is 11.3 Å². The first-order valence-electron chi connectivity index (χ1n) is 8.45. The lowest BCUT2D eigenvalue weighted by Gasteiger charge is -2.30. The minimum atomic E-state index is 0.121. The van der Waals surface area contributed by atoms with Crippen LogP contribution in [0.25, 0.3) is 10.8 Å². The van der Waals surface area contributed by atoms with Crippen LogP contribution in [0.4, 0.5) is 0 Å². The highest BCUT2D eigenvalue weighted by Gasteiger charge is 2.20. The maximum absolute atomic E-state index is 12.1. The topological polar surface area (TPSA) is 71.0 Å². The molecule has 1 aliphatic rings. The van der Waals surface area contributed by atoms with Crippen molar-refractivity contribution in [2.45, 2.75) is 32.7 Å². The normalized spacial score (nSPS) is 16.2. The number of piperidine rings is 1. The van der Waals surface area contributed by atoms with Crippen molar-refractivity contribution in [1.82, 2.24) is 25.2 Å². The second kappa shape index (κ2) is 8.30. The summed E-state index contributed by atoms with van der Waals surface area (Å²) in [6, 6.07) is 1.78. The van der Waals surface area contributed by atoms with Gasteiger partial charge in [0.05, 0.1) is 12.2 Å². The van der Waals surface area contributed by atoms with Gasteiger partial charge >= 0.3 is 0 Å². The van der Waals surface area contributed by atoms with Gasteiger partial charge in [-0.05, 0) is 44.5 Å². The van der Waals surface area contributed by atoms with Crippen LogP contribution in [0.1, 0.15) is 31.9 Å². The van der Waals surface area contributed by atoms with E-state index in [0.717, 1.165) is 43.2 Å². The summed E-state index contributed by atoms with van der Waals surface area (Å²) in [5.74, 6) is 1.26. The van der Waals surface area contributed by atoms with Crippen molar-refractivity contribution in [2.24, 2.45) is 5.92 Å². The summed E-state index contributed by atoms with van der Waals surface area (Å²) >= 11 is 1.50. The summed E-state index contributed by atoms with van der Waals surface area (Å²) < 4.78 is 0. The number of hydrogen-bond donors (Lipinski definition) is 1. The highest BCUT2D eigenvalue weighted by molar-refractivity contribution is 7.13. The maximum Gasteiger partial charge on any atom is 0.220 e. The molecule has 0 unspecified atom stereocenters. The Morgan fingerprint density at radius 2 is 2.08 bits per heavy atom. The van der Waals surface area contributed by atoms with E-state index in [2.05, 4.69) is 32.1 Å². The molecule has 0 bridgehead atoms. The number of carbonyl (C=O) groups excluding carboxylic acids is 1. The number of rotatable bonds is 6. The Labute approximate surface area is 146 Å². The minimum absolute atomic E-state index is 0.121. The van der Waals surface area contributed by atoms with Crippen molar-refractivity contribution in [3.05, 3.63) is 29.5 Å². The predicted octanol–water partition coefficient (Wildman–Crippen LogP) is 2.34. The summed E-state index contributed by atoms with van der Waals surface area (Å²) in [7, 11) is 0. The standard InChI is InChI=1S/C17H23N5OS/c1-2-22-8-4-13(5-9-22)10-15(23)20-11-14-12-24-17(21-14)16-18-6-3-7-19-16/h3,6-7,12-13H,2,4-5,8-11H2,1H3,(H,20,23). The van der Waals surface area contributed by atoms with E-state index in [1.165, 1.54) is 11.3 Å². The van der Waals surface area contributed by atoms with E-state index in [4.69, 9.17) is 0 Å². The van der Waals surface area contributed by atoms with E-state index < -0.39 is 0 Å². The summed E-state index contributed by atoms with van der Waals surface area (Å²) in [6.45, 7) is 5.99. The van der Waals surface area contributed by atoms with E-state index in [1.807, 2.05) is 5.38 Å². The molecule has 0 atom stereocenters. The average Bonchev–Trinajstić information content (AvgIpc) is 3.10. The molecular formula is C17H23N5OS. The Bertz CT molecular complexity index is 652. The van der Waals surface area contributed by atoms with Gasteiger partial charge in [-0.1, -0.05) is 6.92 Å². The monoisotopic (exact) mass is 345 g/mol. The van der Waals surface area contributed by atoms with Crippen LogP contribution in [0.3, 0.4) is 0 Å². The fourth-order valence-electron chi connectivity index (χ4n) is 2.93. The van der Waals surface area contributed by atoms with Gasteiger partial charge in [0.2, 0.25) is 5.91 Å². The fourth-order valence-corrected chi connectivity index (χ4v) is 3.70. The van der Waals surface area contributed by atoms with Gasteiger partial charge in [0.25, 0.3) is 0 Å². The number of thiazole rings is 1. The van der Waals surface area contributed by atoms with E-state index in [9.17, 15) is 4.79 Å². The van der Waals surface area contributed by atoms with Crippen molar-refractivity contribution in [1.29, 1.82) is 0 Å². The molecule has 1 N–H and O–H groups in total. The van der Waals surface area contributed by atoms with Crippen LogP contribution in [0.15, 0.2) is 23.8 Å². The smallest absolute Gasteiger partial charge is 0.220 e. The van der Waals surface area contributed by atoms with E-state index >= 15 is 0 Å². The first-order valence-corrected chi connectivity index (χ1v) is 9.33. The first-order chi connectivity index (χ1) is 11.7. The second-order valence-corrected chi connectivity index (χ2v) is 6.93. The Morgan fingerprint density at radius 1 is 1.33 bits per heavy atom. The van der Waals surface area contributed by atoms with Crippen molar-refractivity contribution in [3.8, 4) is 10.8 Å². The molecule has 1 fully saturated rings. The largest absolute Gasteiger partial charge is 0.350 e. The molecule has 1 amide bonds. The van der Waals surface area contributed by atoms with Gasteiger partial charge in [-0.2, -0.15) is 0 Å². The third-order valence-corrected chi connectivity index (χ3v) is 5.29. The summed E-state index contributed by atoms with van der Waals surface area (Å²) in [5.41, 5.74) is 0.858. The lowest BCUT2D eigenvalue weighted by Crippen LogP contribution is -2.35. The van der Waals surface area contributed by atoms with Crippen molar-refractivity contribution >= 4 is 17.2 Å². The molecule has 0 radical (unpaired) electrons. The molecule has 1 aliphatic heterocycles. The molecule has 0 spiro atoms. The summed E-state index contributed by atoms with van der Waals surface area (Å²) in [5, 5.41) is 5.72. The van der Waals surface area contributed by atoms with Crippen LogP contribution in [0.2, 0.25) is 0 Å². The van der Waals surface area contributed by atoms with Gasteiger partial charge < -0.3 is 10.2 Å². The van der Waals surface area contributed by atoms with E-state index in [0.29, 0.717) is 24.7 Å². The van der Waals surface area contributed by atoms with Crippen LogP contribution < -0.4 is 5.32 Å². The second-order valence-electron chi connectivity index (χ2n) is 6.07. The molecule has 128 valence electrons. The summed E-state index contributed by atoms with van der Waals surface area (Å²) in [4.78, 5) is 27.5. The highest BCUT2D eigenvalue weighted by atomic mass is 32.1. The van der Waals surface area contributed by atoms with Gasteiger partial charge in [-0.3, -0.25) is 4.79 Å². The first kappa shape index (κ1) is 17.0. The maximum atomic E-state index is 12.1. The van der Waals surface area contributed by atoms with E-state index in [-0.39, 0.29) is 5.91 Å². The molecule has 0 aromatic carbocycles. The van der Waals surface area contributed by atoms with Gasteiger partial charge in [0, 0.05) is 24.2 Å². The molecule has 6 nitrogen and oxygen atoms in total. The van der Waals surface area contributed by atoms with Crippen LogP contribution in [0.5, 0.6) is 0 Å². The molecule has 2 aromatic rings. The van der Waals surface area contributed by atoms with Crippen LogP contribution in [0, 0.1) is 5.92 Å². The number of hydrogen-bond acceptors (Lipinski definition) is 6. The molecule has 0 saturated carbocycles. The van der Waals surface area contributed by atoms with Gasteiger partial charge in [-0.25, -0.2) is 15.0 Å². The minimum Gasteiger partial charge on any atom is -0.350 e. The lowest BCUT2D eigenvalue weighted by molar-refractivity contribution is -0.122. The lowest BCUT2D eigenvalue weighted by atomic mass is 9.93. The molecule has 7 heteroatoms. The molecule has 3 rings (SSSR count). The average molecular weight is 345 g/mol. The van der Waals surface area contributed by atoms with Crippen molar-refractivity contribution < 1.29 is 4.79 Å². The van der Waals surface area contributed by atoms with E-state index in [1.54, 1.807) is 18.5 Å². The molecule has 2 aromatic heterocycles. The molecule has 3 heterocycles. The summed E-state index contributed by atoms with van der Waals surface area (Å²) in [6.07, 6.45) is 6.27. The Balaban J connectivity index is 1.44. The zero-order valence-corrected chi connectivity index (χ0v) is 14.8. The molecular weight excluding hydrogens is 322 g/mol. The quantitative estimate of drug-likeness (QED) is 0.870. The number of carbonyl (C=O) groups is 1. The zero-order chi connectivity index (χ0) is 16.8. The number of amides is 1. The molecule has 1 saturated heterocycles. The number of nitrogens with zero attached hydrogens (tertiary/aromatic N) is 4. The predicted molar refractivity (Wildman–Crippen MR) is 94.4 cm³/mol.